The zero-order chi connectivity index (χ0) is 24.2. The Morgan fingerprint density at radius 2 is 1.94 bits per heavy atom. The Kier molecular flexibility index (Phi) is 10.8. The van der Waals surface area contributed by atoms with Crippen LogP contribution in [0.1, 0.15) is 63.9 Å². The quantitative estimate of drug-likeness (QED) is 0.191. The van der Waals surface area contributed by atoms with Crippen molar-refractivity contribution in [2.75, 3.05) is 6.61 Å². The van der Waals surface area contributed by atoms with E-state index in [-0.39, 0.29) is 48.9 Å². The Labute approximate surface area is 201 Å². The van der Waals surface area contributed by atoms with Gasteiger partial charge in [-0.3, -0.25) is 9.59 Å². The van der Waals surface area contributed by atoms with Crippen LogP contribution in [0.15, 0.2) is 42.5 Å². The number of esters is 2. The second-order valence-electron chi connectivity index (χ2n) is 8.98. The first kappa shape index (κ1) is 26.1. The Balaban J connectivity index is 1.43. The number of allylic oxidation sites excluding steroid dienone is 2. The maximum absolute atomic E-state index is 11.9. The smallest absolute Gasteiger partial charge is 0.306 e. The molecule has 3 rings (SSSR count). The van der Waals surface area contributed by atoms with Gasteiger partial charge in [0.2, 0.25) is 0 Å². The second kappa shape index (κ2) is 14.0. The molecule has 7 nitrogen and oxygen atoms in total. The molecule has 5 atom stereocenters. The number of carbonyl (C=O) groups is 3. The summed E-state index contributed by atoms with van der Waals surface area (Å²) in [5.74, 6) is -1.06. The third-order valence-corrected chi connectivity index (χ3v) is 6.37. The second-order valence-corrected chi connectivity index (χ2v) is 8.98. The summed E-state index contributed by atoms with van der Waals surface area (Å²) in [5, 5.41) is 0. The predicted molar refractivity (Wildman–Crippen MR) is 126 cm³/mol. The summed E-state index contributed by atoms with van der Waals surface area (Å²) in [6, 6.07) is 9.60. The minimum Gasteiger partial charge on any atom is -0.462 e. The normalized spacial score (nSPS) is 26.9. The third kappa shape index (κ3) is 8.37. The van der Waals surface area contributed by atoms with Crippen LogP contribution < -0.4 is 0 Å². The van der Waals surface area contributed by atoms with E-state index in [1.54, 1.807) is 0 Å². The molecular formula is C27H36O7. The molecule has 2 aliphatic rings. The number of aldehydes is 1. The molecule has 0 amide bonds. The van der Waals surface area contributed by atoms with Gasteiger partial charge >= 0.3 is 11.9 Å². The number of hydrogen-bond acceptors (Lipinski definition) is 7. The van der Waals surface area contributed by atoms with Gasteiger partial charge in [0.15, 0.2) is 6.29 Å². The Bertz CT molecular complexity index is 800. The number of unbranched alkanes of at least 4 members (excludes halogenated alkanes) is 1. The molecule has 2 fully saturated rings. The van der Waals surface area contributed by atoms with Gasteiger partial charge in [-0.2, -0.15) is 0 Å². The van der Waals surface area contributed by atoms with Crippen LogP contribution >= 0.6 is 0 Å². The van der Waals surface area contributed by atoms with Crippen LogP contribution in [0.4, 0.5) is 0 Å². The number of ether oxygens (including phenoxy) is 4. The SMILES string of the molecule is CC(=O)O[C@@H]1C[C@@H](O[C@H]2CCCCO2)[C@H](C=O)[C@H]1C/C=C\CCCC(=O)OCc1ccccc1. The van der Waals surface area contributed by atoms with Crippen LogP contribution in [0, 0.1) is 11.8 Å². The first-order chi connectivity index (χ1) is 16.6. The molecule has 0 unspecified atom stereocenters. The fraction of sp³-hybridized carbons (Fsp3) is 0.593. The van der Waals surface area contributed by atoms with Gasteiger partial charge in [-0.05, 0) is 44.1 Å². The topological polar surface area (TPSA) is 88.1 Å². The molecule has 0 spiro atoms. The van der Waals surface area contributed by atoms with Gasteiger partial charge in [0, 0.05) is 38.2 Å². The van der Waals surface area contributed by atoms with Crippen molar-refractivity contribution in [3.8, 4) is 0 Å². The summed E-state index contributed by atoms with van der Waals surface area (Å²) in [7, 11) is 0. The van der Waals surface area contributed by atoms with E-state index in [1.807, 2.05) is 42.5 Å². The maximum atomic E-state index is 11.9. The zero-order valence-electron chi connectivity index (χ0n) is 19.9. The van der Waals surface area contributed by atoms with Crippen LogP contribution in [-0.4, -0.2) is 43.3 Å². The number of hydrogen-bond donors (Lipinski definition) is 0. The molecule has 0 radical (unpaired) electrons. The summed E-state index contributed by atoms with van der Waals surface area (Å²) >= 11 is 0. The predicted octanol–water partition coefficient (Wildman–Crippen LogP) is 4.52. The fourth-order valence-electron chi connectivity index (χ4n) is 4.64. The van der Waals surface area contributed by atoms with E-state index in [2.05, 4.69) is 0 Å². The number of carbonyl (C=O) groups excluding carboxylic acids is 3. The van der Waals surface area contributed by atoms with Crippen molar-refractivity contribution >= 4 is 18.2 Å². The average molecular weight is 473 g/mol. The fourth-order valence-corrected chi connectivity index (χ4v) is 4.64. The lowest BCUT2D eigenvalue weighted by atomic mass is 9.91. The van der Waals surface area contributed by atoms with Gasteiger partial charge in [0.25, 0.3) is 0 Å². The van der Waals surface area contributed by atoms with Gasteiger partial charge in [-0.1, -0.05) is 42.5 Å². The van der Waals surface area contributed by atoms with Gasteiger partial charge in [0.05, 0.1) is 6.10 Å². The summed E-state index contributed by atoms with van der Waals surface area (Å²) in [6.07, 6.45) is 9.72. The van der Waals surface area contributed by atoms with Crippen LogP contribution in [-0.2, 0) is 39.9 Å². The standard InChI is InChI=1S/C27H36O7/c1-20(29)33-24-17-25(34-27-15-9-10-16-31-27)23(18-28)22(24)13-7-2-3-8-14-26(30)32-19-21-11-5-4-6-12-21/h2,4-7,11-12,18,22-25,27H,3,8-10,13-17,19H2,1H3/b7-2-/t22-,23-,24-,25-,27+/m1/s1. The molecule has 7 heteroatoms. The van der Waals surface area contributed by atoms with Crippen LogP contribution in [0.25, 0.3) is 0 Å². The molecule has 1 saturated carbocycles. The highest BCUT2D eigenvalue weighted by molar-refractivity contribution is 5.69. The molecule has 1 saturated heterocycles. The first-order valence-corrected chi connectivity index (χ1v) is 12.3. The average Bonchev–Trinajstić information content (AvgIpc) is 3.16. The lowest BCUT2D eigenvalue weighted by Crippen LogP contribution is -2.32. The van der Waals surface area contributed by atoms with Crippen molar-refractivity contribution in [3.63, 3.8) is 0 Å². The minimum atomic E-state index is -0.362. The van der Waals surface area contributed by atoms with Crippen molar-refractivity contribution in [1.29, 1.82) is 0 Å². The lowest BCUT2D eigenvalue weighted by molar-refractivity contribution is -0.195. The molecule has 1 aliphatic carbocycles. The van der Waals surface area contributed by atoms with E-state index in [0.29, 0.717) is 32.3 Å². The third-order valence-electron chi connectivity index (χ3n) is 6.37. The van der Waals surface area contributed by atoms with Gasteiger partial charge < -0.3 is 23.7 Å². The van der Waals surface area contributed by atoms with E-state index in [9.17, 15) is 14.4 Å². The molecule has 0 N–H and O–H groups in total. The van der Waals surface area contributed by atoms with Crippen molar-refractivity contribution in [1.82, 2.24) is 0 Å². The summed E-state index contributed by atoms with van der Waals surface area (Å²) in [5.41, 5.74) is 0.969. The van der Waals surface area contributed by atoms with Gasteiger partial charge in [-0.15, -0.1) is 0 Å². The van der Waals surface area contributed by atoms with Crippen LogP contribution in [0.5, 0.6) is 0 Å². The van der Waals surface area contributed by atoms with E-state index < -0.39 is 0 Å². The van der Waals surface area contributed by atoms with E-state index in [1.165, 1.54) is 6.92 Å². The highest BCUT2D eigenvalue weighted by Gasteiger charge is 2.46. The van der Waals surface area contributed by atoms with Crippen LogP contribution in [0.3, 0.4) is 0 Å². The summed E-state index contributed by atoms with van der Waals surface area (Å²) in [4.78, 5) is 35.5. The molecular weight excluding hydrogens is 436 g/mol. The van der Waals surface area contributed by atoms with E-state index >= 15 is 0 Å². The zero-order valence-corrected chi connectivity index (χ0v) is 19.9. The van der Waals surface area contributed by atoms with E-state index in [4.69, 9.17) is 18.9 Å². The van der Waals surface area contributed by atoms with Crippen molar-refractivity contribution < 1.29 is 33.3 Å². The highest BCUT2D eigenvalue weighted by Crippen LogP contribution is 2.39. The lowest BCUT2D eigenvalue weighted by Gasteiger charge is -2.27. The van der Waals surface area contributed by atoms with Gasteiger partial charge in [-0.25, -0.2) is 0 Å². The number of rotatable bonds is 12. The Morgan fingerprint density at radius 1 is 1.12 bits per heavy atom. The molecule has 186 valence electrons. The molecule has 1 heterocycles. The van der Waals surface area contributed by atoms with Crippen molar-refractivity contribution in [2.45, 2.75) is 83.4 Å². The molecule has 1 aromatic carbocycles. The maximum Gasteiger partial charge on any atom is 0.306 e. The molecule has 1 aromatic rings. The Hall–Kier alpha value is -2.51. The Morgan fingerprint density at radius 3 is 2.65 bits per heavy atom. The molecule has 34 heavy (non-hydrogen) atoms. The summed E-state index contributed by atoms with van der Waals surface area (Å²) < 4.78 is 22.6. The molecule has 1 aliphatic heterocycles. The van der Waals surface area contributed by atoms with Crippen molar-refractivity contribution in [2.24, 2.45) is 11.8 Å². The monoisotopic (exact) mass is 472 g/mol. The summed E-state index contributed by atoms with van der Waals surface area (Å²) in [6.45, 7) is 2.34. The highest BCUT2D eigenvalue weighted by atomic mass is 16.7. The molecule has 0 aromatic heterocycles. The largest absolute Gasteiger partial charge is 0.462 e. The first-order valence-electron chi connectivity index (χ1n) is 12.3. The minimum absolute atomic E-state index is 0.137. The number of benzene rings is 1. The van der Waals surface area contributed by atoms with Gasteiger partial charge in [0.1, 0.15) is 19.0 Å². The molecule has 0 bridgehead atoms. The van der Waals surface area contributed by atoms with Crippen molar-refractivity contribution in [3.05, 3.63) is 48.0 Å². The van der Waals surface area contributed by atoms with Crippen LogP contribution in [0.2, 0.25) is 0 Å². The van der Waals surface area contributed by atoms with E-state index in [0.717, 1.165) is 37.5 Å².